The fraction of sp³-hybridized carbons (Fsp3) is 0.333. The average Bonchev–Trinajstić information content (AvgIpc) is 2.48. The second-order valence-corrected chi connectivity index (χ2v) is 6.84. The molecule has 2 aromatic carbocycles. The molecule has 0 heterocycles. The lowest BCUT2D eigenvalue weighted by Crippen LogP contribution is -2.06. The highest BCUT2D eigenvalue weighted by Crippen LogP contribution is 2.32. The molecule has 0 radical (unpaired) electrons. The van der Waals surface area contributed by atoms with Crippen molar-refractivity contribution in [1.29, 1.82) is 0 Å². The first-order chi connectivity index (χ1) is 9.91. The van der Waals surface area contributed by atoms with E-state index in [0.29, 0.717) is 0 Å². The second kappa shape index (κ2) is 6.87. The number of rotatable bonds is 4. The molecule has 0 aliphatic heterocycles. The molecule has 0 unspecified atom stereocenters. The summed E-state index contributed by atoms with van der Waals surface area (Å²) in [5.41, 5.74) is 8.20. The second-order valence-electron chi connectivity index (χ2n) is 5.50. The molecule has 0 atom stereocenters. The Morgan fingerprint density at radius 3 is 1.81 bits per heavy atom. The standard InChI is InChI=1S/C18H22ClNS/c1-11-12(2)14(4)18(15(5)13(11)3)21-20-10-16-6-8-17(19)9-7-16/h6-9,20H,10H2,1-5H3. The zero-order chi connectivity index (χ0) is 15.6. The molecule has 2 aromatic rings. The van der Waals surface area contributed by atoms with Gasteiger partial charge in [0.15, 0.2) is 0 Å². The van der Waals surface area contributed by atoms with Crippen LogP contribution in [0.5, 0.6) is 0 Å². The maximum atomic E-state index is 5.91. The Balaban J connectivity index is 2.12. The Labute approximate surface area is 137 Å². The van der Waals surface area contributed by atoms with Gasteiger partial charge in [0.1, 0.15) is 0 Å². The summed E-state index contributed by atoms with van der Waals surface area (Å²) in [6.07, 6.45) is 0. The van der Waals surface area contributed by atoms with E-state index in [1.165, 1.54) is 38.3 Å². The molecule has 0 amide bonds. The van der Waals surface area contributed by atoms with E-state index in [1.54, 1.807) is 11.9 Å². The van der Waals surface area contributed by atoms with E-state index < -0.39 is 0 Å². The molecule has 0 fully saturated rings. The van der Waals surface area contributed by atoms with Crippen molar-refractivity contribution in [3.63, 3.8) is 0 Å². The van der Waals surface area contributed by atoms with Crippen LogP contribution < -0.4 is 4.72 Å². The molecule has 2 rings (SSSR count). The van der Waals surface area contributed by atoms with Gasteiger partial charge in [0.25, 0.3) is 0 Å². The van der Waals surface area contributed by atoms with Gasteiger partial charge in [-0.3, -0.25) is 4.72 Å². The lowest BCUT2D eigenvalue weighted by Gasteiger charge is -2.18. The van der Waals surface area contributed by atoms with Crippen LogP contribution in [0.15, 0.2) is 29.2 Å². The van der Waals surface area contributed by atoms with E-state index in [-0.39, 0.29) is 0 Å². The van der Waals surface area contributed by atoms with E-state index in [1.807, 2.05) is 12.1 Å². The number of hydrogen-bond acceptors (Lipinski definition) is 2. The molecule has 0 bridgehead atoms. The first kappa shape index (κ1) is 16.4. The number of nitrogens with one attached hydrogen (secondary N) is 1. The summed E-state index contributed by atoms with van der Waals surface area (Å²) in [5, 5.41) is 0.780. The van der Waals surface area contributed by atoms with Gasteiger partial charge < -0.3 is 0 Å². The SMILES string of the molecule is Cc1c(C)c(C)c(SNCc2ccc(Cl)cc2)c(C)c1C. The van der Waals surface area contributed by atoms with Crippen LogP contribution in [0.2, 0.25) is 5.02 Å². The molecule has 0 aliphatic carbocycles. The molecule has 0 saturated heterocycles. The Kier molecular flexibility index (Phi) is 5.37. The van der Waals surface area contributed by atoms with Crippen LogP contribution in [0.3, 0.4) is 0 Å². The molecule has 112 valence electrons. The summed E-state index contributed by atoms with van der Waals surface area (Å²) in [6.45, 7) is 11.9. The Hall–Kier alpha value is -0.960. The van der Waals surface area contributed by atoms with Crippen LogP contribution in [0.25, 0.3) is 0 Å². The van der Waals surface area contributed by atoms with Crippen molar-refractivity contribution < 1.29 is 0 Å². The zero-order valence-corrected chi connectivity index (χ0v) is 14.9. The highest BCUT2D eigenvalue weighted by atomic mass is 35.5. The van der Waals surface area contributed by atoms with Crippen LogP contribution in [-0.2, 0) is 6.54 Å². The summed E-state index contributed by atoms with van der Waals surface area (Å²) in [6, 6.07) is 7.97. The van der Waals surface area contributed by atoms with Crippen LogP contribution in [0.4, 0.5) is 0 Å². The van der Waals surface area contributed by atoms with Gasteiger partial charge in [0.2, 0.25) is 0 Å². The first-order valence-electron chi connectivity index (χ1n) is 7.13. The topological polar surface area (TPSA) is 12.0 Å². The fourth-order valence-corrected chi connectivity index (χ4v) is 3.53. The molecule has 0 saturated carbocycles. The molecule has 1 nitrogen and oxygen atoms in total. The summed E-state index contributed by atoms with van der Waals surface area (Å²) in [5.74, 6) is 0. The van der Waals surface area contributed by atoms with Crippen molar-refractivity contribution >= 4 is 23.5 Å². The van der Waals surface area contributed by atoms with E-state index in [9.17, 15) is 0 Å². The smallest absolute Gasteiger partial charge is 0.0406 e. The molecule has 0 aliphatic rings. The lowest BCUT2D eigenvalue weighted by molar-refractivity contribution is 0.968. The van der Waals surface area contributed by atoms with E-state index >= 15 is 0 Å². The monoisotopic (exact) mass is 319 g/mol. The maximum absolute atomic E-state index is 5.91. The quantitative estimate of drug-likeness (QED) is 0.728. The molecule has 1 N–H and O–H groups in total. The molecular formula is C18H22ClNS. The third kappa shape index (κ3) is 3.63. The summed E-state index contributed by atoms with van der Waals surface area (Å²) < 4.78 is 3.47. The normalized spacial score (nSPS) is 11.0. The van der Waals surface area contributed by atoms with Crippen molar-refractivity contribution in [2.24, 2.45) is 0 Å². The molecule has 3 heteroatoms. The van der Waals surface area contributed by atoms with Crippen molar-refractivity contribution in [2.75, 3.05) is 0 Å². The van der Waals surface area contributed by atoms with Gasteiger partial charge in [-0.1, -0.05) is 23.7 Å². The Morgan fingerprint density at radius 2 is 1.29 bits per heavy atom. The minimum atomic E-state index is 0.780. The van der Waals surface area contributed by atoms with Crippen molar-refractivity contribution in [3.05, 3.63) is 62.7 Å². The highest BCUT2D eigenvalue weighted by molar-refractivity contribution is 7.97. The number of hydrogen-bond donors (Lipinski definition) is 1. The lowest BCUT2D eigenvalue weighted by atomic mass is 9.95. The predicted molar refractivity (Wildman–Crippen MR) is 94.3 cm³/mol. The van der Waals surface area contributed by atoms with Gasteiger partial charge in [0.05, 0.1) is 0 Å². The molecular weight excluding hydrogens is 298 g/mol. The summed E-state index contributed by atoms with van der Waals surface area (Å²) >= 11 is 7.63. The number of halogens is 1. The average molecular weight is 320 g/mol. The van der Waals surface area contributed by atoms with Crippen LogP contribution >= 0.6 is 23.5 Å². The van der Waals surface area contributed by atoms with E-state index in [4.69, 9.17) is 11.6 Å². The van der Waals surface area contributed by atoms with Gasteiger partial charge >= 0.3 is 0 Å². The third-order valence-electron chi connectivity index (χ3n) is 4.29. The minimum absolute atomic E-state index is 0.780. The molecule has 0 spiro atoms. The van der Waals surface area contributed by atoms with E-state index in [2.05, 4.69) is 51.5 Å². The van der Waals surface area contributed by atoms with Crippen LogP contribution in [0, 0.1) is 34.6 Å². The van der Waals surface area contributed by atoms with Gasteiger partial charge in [-0.05, 0) is 92.1 Å². The van der Waals surface area contributed by atoms with Crippen molar-refractivity contribution in [1.82, 2.24) is 4.72 Å². The van der Waals surface area contributed by atoms with Crippen LogP contribution in [-0.4, -0.2) is 0 Å². The summed E-state index contributed by atoms with van der Waals surface area (Å²) in [4.78, 5) is 1.35. The van der Waals surface area contributed by atoms with Gasteiger partial charge in [-0.15, -0.1) is 0 Å². The largest absolute Gasteiger partial charge is 0.255 e. The highest BCUT2D eigenvalue weighted by Gasteiger charge is 2.12. The summed E-state index contributed by atoms with van der Waals surface area (Å²) in [7, 11) is 0. The van der Waals surface area contributed by atoms with Gasteiger partial charge in [-0.2, -0.15) is 0 Å². The maximum Gasteiger partial charge on any atom is 0.0406 e. The molecule has 21 heavy (non-hydrogen) atoms. The van der Waals surface area contributed by atoms with Gasteiger partial charge in [-0.25, -0.2) is 0 Å². The third-order valence-corrected chi connectivity index (χ3v) is 5.65. The molecule has 0 aromatic heterocycles. The van der Waals surface area contributed by atoms with Gasteiger partial charge in [0, 0.05) is 16.5 Å². The van der Waals surface area contributed by atoms with Crippen molar-refractivity contribution in [2.45, 2.75) is 46.1 Å². The first-order valence-corrected chi connectivity index (χ1v) is 8.32. The van der Waals surface area contributed by atoms with E-state index in [0.717, 1.165) is 11.6 Å². The predicted octanol–water partition coefficient (Wildman–Crippen LogP) is 5.68. The fourth-order valence-electron chi connectivity index (χ4n) is 2.41. The zero-order valence-electron chi connectivity index (χ0n) is 13.3. The number of benzene rings is 2. The van der Waals surface area contributed by atoms with Crippen LogP contribution in [0.1, 0.15) is 33.4 Å². The van der Waals surface area contributed by atoms with Crippen molar-refractivity contribution in [3.8, 4) is 0 Å². The Bertz CT molecular complexity index is 618. The Morgan fingerprint density at radius 1 is 0.810 bits per heavy atom. The minimum Gasteiger partial charge on any atom is -0.255 e.